The fourth-order valence-corrected chi connectivity index (χ4v) is 3.24. The molecule has 0 unspecified atom stereocenters. The maximum atomic E-state index is 3.90. The summed E-state index contributed by atoms with van der Waals surface area (Å²) < 4.78 is 0. The molecule has 22 heavy (non-hydrogen) atoms. The van der Waals surface area contributed by atoms with E-state index in [1.165, 1.54) is 80.5 Å². The molecule has 0 N–H and O–H groups in total. The summed E-state index contributed by atoms with van der Waals surface area (Å²) in [5.41, 5.74) is 1.52. The van der Waals surface area contributed by atoms with Gasteiger partial charge in [-0.15, -0.1) is 0 Å². The monoisotopic (exact) mass is 295 g/mol. The van der Waals surface area contributed by atoms with E-state index < -0.39 is 0 Å². The minimum Gasteiger partial charge on any atom is -0.0616 e. The minimum absolute atomic E-state index is 1.11. The van der Waals surface area contributed by atoms with Crippen LogP contribution in [0.5, 0.6) is 0 Å². The highest BCUT2D eigenvalue weighted by Crippen LogP contribution is 2.20. The lowest BCUT2D eigenvalue weighted by Gasteiger charge is -2.06. The summed E-state index contributed by atoms with van der Waals surface area (Å²) in [5.74, 6) is 0. The lowest BCUT2D eigenvalue weighted by Crippen LogP contribution is -1.88. The van der Waals surface area contributed by atoms with Crippen LogP contribution < -0.4 is 0 Å². The molecule has 0 aromatic heterocycles. The topological polar surface area (TPSA) is 0 Å². The highest BCUT2D eigenvalue weighted by Gasteiger charge is 2.00. The van der Waals surface area contributed by atoms with Gasteiger partial charge in [-0.25, -0.2) is 0 Å². The van der Waals surface area contributed by atoms with Crippen LogP contribution in [-0.2, 0) is 6.42 Å². The van der Waals surface area contributed by atoms with Crippen molar-refractivity contribution in [2.24, 2.45) is 0 Å². The molecule has 1 radical (unpaired) electrons. The van der Waals surface area contributed by atoms with Gasteiger partial charge in [0.25, 0.3) is 0 Å². The predicted molar refractivity (Wildman–Crippen MR) is 99.2 cm³/mol. The van der Waals surface area contributed by atoms with Crippen molar-refractivity contribution in [3.05, 3.63) is 55.0 Å². The molecule has 0 aliphatic carbocycles. The standard InChI is InChI=1S/C22H31/c1-2-3-4-5-6-7-8-9-10-11-15-20-17-14-18-21-16-12-13-19-22(20)21/h12-14,16-19H,1-11,15H2. The van der Waals surface area contributed by atoms with E-state index in [2.05, 4.69) is 49.4 Å². The first-order valence-electron chi connectivity index (χ1n) is 9.17. The van der Waals surface area contributed by atoms with Crippen molar-refractivity contribution in [1.29, 1.82) is 0 Å². The molecule has 0 aliphatic rings. The second-order valence-corrected chi connectivity index (χ2v) is 6.42. The summed E-state index contributed by atoms with van der Waals surface area (Å²) in [7, 11) is 0. The molecule has 2 aromatic carbocycles. The third-order valence-electron chi connectivity index (χ3n) is 4.58. The fourth-order valence-electron chi connectivity index (χ4n) is 3.24. The van der Waals surface area contributed by atoms with Gasteiger partial charge in [0.1, 0.15) is 0 Å². The van der Waals surface area contributed by atoms with E-state index in [9.17, 15) is 0 Å². The van der Waals surface area contributed by atoms with Crippen molar-refractivity contribution in [3.8, 4) is 0 Å². The van der Waals surface area contributed by atoms with E-state index in [1.54, 1.807) is 0 Å². The molecule has 0 fully saturated rings. The Balaban J connectivity index is 1.59. The van der Waals surface area contributed by atoms with Gasteiger partial charge in [0.05, 0.1) is 0 Å². The van der Waals surface area contributed by atoms with Crippen LogP contribution in [-0.4, -0.2) is 0 Å². The van der Waals surface area contributed by atoms with E-state index in [0.717, 1.165) is 6.42 Å². The molecule has 2 rings (SSSR count). The Labute approximate surface area is 136 Å². The van der Waals surface area contributed by atoms with Crippen LogP contribution in [0.1, 0.15) is 69.8 Å². The largest absolute Gasteiger partial charge is 0.0616 e. The van der Waals surface area contributed by atoms with Gasteiger partial charge in [-0.3, -0.25) is 0 Å². The Morgan fingerprint density at radius 2 is 1.18 bits per heavy atom. The van der Waals surface area contributed by atoms with Gasteiger partial charge in [-0.1, -0.05) is 107 Å². The molecule has 0 amide bonds. The zero-order chi connectivity index (χ0) is 15.5. The highest BCUT2D eigenvalue weighted by atomic mass is 14.0. The number of benzene rings is 2. The van der Waals surface area contributed by atoms with Gasteiger partial charge in [0.15, 0.2) is 0 Å². The molecular formula is C22H31. The Morgan fingerprint density at radius 3 is 1.91 bits per heavy atom. The van der Waals surface area contributed by atoms with Crippen LogP contribution >= 0.6 is 0 Å². The van der Waals surface area contributed by atoms with Gasteiger partial charge in [0, 0.05) is 0 Å². The summed E-state index contributed by atoms with van der Waals surface area (Å²) in [6, 6.07) is 15.5. The SMILES string of the molecule is [CH2]CCCCCCCCCCCc1cccc2ccccc12. The van der Waals surface area contributed by atoms with E-state index in [-0.39, 0.29) is 0 Å². The van der Waals surface area contributed by atoms with Crippen molar-refractivity contribution >= 4 is 10.8 Å². The first-order chi connectivity index (χ1) is 10.9. The molecule has 0 bridgehead atoms. The van der Waals surface area contributed by atoms with E-state index >= 15 is 0 Å². The quantitative estimate of drug-likeness (QED) is 0.387. The zero-order valence-electron chi connectivity index (χ0n) is 14.0. The third kappa shape index (κ3) is 5.83. The molecule has 0 saturated carbocycles. The summed E-state index contributed by atoms with van der Waals surface area (Å²) in [4.78, 5) is 0. The van der Waals surface area contributed by atoms with E-state index in [0.29, 0.717) is 0 Å². The van der Waals surface area contributed by atoms with Crippen LogP contribution in [0.4, 0.5) is 0 Å². The lowest BCUT2D eigenvalue weighted by molar-refractivity contribution is 0.560. The van der Waals surface area contributed by atoms with E-state index in [4.69, 9.17) is 0 Å². The highest BCUT2D eigenvalue weighted by molar-refractivity contribution is 5.85. The molecule has 0 spiro atoms. The van der Waals surface area contributed by atoms with Crippen molar-refractivity contribution in [2.75, 3.05) is 0 Å². The Hall–Kier alpha value is -1.30. The second kappa shape index (κ2) is 10.4. The lowest BCUT2D eigenvalue weighted by atomic mass is 9.99. The third-order valence-corrected chi connectivity index (χ3v) is 4.58. The fraction of sp³-hybridized carbons (Fsp3) is 0.500. The maximum absolute atomic E-state index is 3.90. The molecule has 0 heterocycles. The first-order valence-corrected chi connectivity index (χ1v) is 9.17. The number of hydrogen-bond donors (Lipinski definition) is 0. The van der Waals surface area contributed by atoms with Gasteiger partial charge < -0.3 is 0 Å². The number of rotatable bonds is 11. The number of unbranched alkanes of at least 4 members (excludes halogenated alkanes) is 9. The van der Waals surface area contributed by atoms with Crippen LogP contribution in [0.25, 0.3) is 10.8 Å². The number of hydrogen-bond acceptors (Lipinski definition) is 0. The molecular weight excluding hydrogens is 264 g/mol. The van der Waals surface area contributed by atoms with Crippen LogP contribution in [0, 0.1) is 6.92 Å². The summed E-state index contributed by atoms with van der Waals surface area (Å²) in [5, 5.41) is 2.82. The summed E-state index contributed by atoms with van der Waals surface area (Å²) in [6.07, 6.45) is 14.8. The predicted octanol–water partition coefficient (Wildman–Crippen LogP) is 7.12. The average Bonchev–Trinajstić information content (AvgIpc) is 2.56. The molecule has 0 nitrogen and oxygen atoms in total. The maximum Gasteiger partial charge on any atom is -0.0152 e. The molecule has 119 valence electrons. The number of aryl methyl sites for hydroxylation is 1. The van der Waals surface area contributed by atoms with Crippen LogP contribution in [0.15, 0.2) is 42.5 Å². The second-order valence-electron chi connectivity index (χ2n) is 6.42. The molecule has 0 aliphatic heterocycles. The van der Waals surface area contributed by atoms with Crippen LogP contribution in [0.3, 0.4) is 0 Å². The van der Waals surface area contributed by atoms with Gasteiger partial charge in [-0.2, -0.15) is 0 Å². The van der Waals surface area contributed by atoms with Crippen molar-refractivity contribution in [1.82, 2.24) is 0 Å². The Morgan fingerprint density at radius 1 is 0.591 bits per heavy atom. The van der Waals surface area contributed by atoms with Crippen molar-refractivity contribution in [3.63, 3.8) is 0 Å². The Kier molecular flexibility index (Phi) is 8.09. The van der Waals surface area contributed by atoms with Gasteiger partial charge >= 0.3 is 0 Å². The van der Waals surface area contributed by atoms with Gasteiger partial charge in [-0.05, 0) is 29.2 Å². The molecule has 0 saturated heterocycles. The van der Waals surface area contributed by atoms with Gasteiger partial charge in [0.2, 0.25) is 0 Å². The Bertz CT molecular complexity index is 521. The van der Waals surface area contributed by atoms with Crippen molar-refractivity contribution < 1.29 is 0 Å². The molecule has 0 atom stereocenters. The van der Waals surface area contributed by atoms with E-state index in [1.807, 2.05) is 0 Å². The first kappa shape index (κ1) is 17.1. The van der Waals surface area contributed by atoms with Crippen LogP contribution in [0.2, 0.25) is 0 Å². The zero-order valence-corrected chi connectivity index (χ0v) is 14.0. The smallest absolute Gasteiger partial charge is 0.0152 e. The minimum atomic E-state index is 1.11. The average molecular weight is 295 g/mol. The summed E-state index contributed by atoms with van der Waals surface area (Å²) >= 11 is 0. The number of fused-ring (bicyclic) bond motifs is 1. The molecule has 0 heteroatoms. The molecule has 2 aromatic rings. The van der Waals surface area contributed by atoms with Crippen molar-refractivity contribution in [2.45, 2.75) is 70.6 Å². The summed E-state index contributed by atoms with van der Waals surface area (Å²) in [6.45, 7) is 3.90. The normalized spacial score (nSPS) is 11.1.